The molecule has 7 heteroatoms. The third-order valence-electron chi connectivity index (χ3n) is 2.78. The summed E-state index contributed by atoms with van der Waals surface area (Å²) in [6.07, 6.45) is 0.765. The summed E-state index contributed by atoms with van der Waals surface area (Å²) < 4.78 is 7.66. The molecule has 1 aromatic rings. The smallest absolute Gasteiger partial charge is 0.332 e. The van der Waals surface area contributed by atoms with Crippen LogP contribution < -0.4 is 22.3 Å². The van der Waals surface area contributed by atoms with Crippen LogP contribution >= 0.6 is 0 Å². The van der Waals surface area contributed by atoms with Gasteiger partial charge in [-0.3, -0.25) is 13.9 Å². The van der Waals surface area contributed by atoms with Crippen LogP contribution in [0.3, 0.4) is 0 Å². The number of anilines is 2. The predicted octanol–water partition coefficient (Wildman–Crippen LogP) is -0.0124. The van der Waals surface area contributed by atoms with Crippen molar-refractivity contribution in [3.05, 3.63) is 20.8 Å². The maximum atomic E-state index is 12.0. The number of nitrogens with zero attached hydrogens (tertiary/aromatic N) is 2. The third-order valence-corrected chi connectivity index (χ3v) is 2.78. The van der Waals surface area contributed by atoms with Gasteiger partial charge < -0.3 is 15.8 Å². The van der Waals surface area contributed by atoms with Crippen molar-refractivity contribution in [2.24, 2.45) is 7.05 Å². The molecule has 0 radical (unpaired) electrons. The van der Waals surface area contributed by atoms with Gasteiger partial charge in [0.2, 0.25) is 0 Å². The highest BCUT2D eigenvalue weighted by molar-refractivity contribution is 5.60. The van der Waals surface area contributed by atoms with Gasteiger partial charge in [-0.25, -0.2) is 4.79 Å². The van der Waals surface area contributed by atoms with Crippen molar-refractivity contribution in [3.8, 4) is 0 Å². The zero-order chi connectivity index (χ0) is 14.4. The van der Waals surface area contributed by atoms with Crippen molar-refractivity contribution < 1.29 is 4.74 Å². The highest BCUT2D eigenvalue weighted by Crippen LogP contribution is 2.10. The number of nitrogen functional groups attached to an aromatic ring is 1. The SMILES string of the molecule is CCCn1c(N)c(NCCOCC)c(=O)n(C)c1=O. The maximum Gasteiger partial charge on any atom is 0.332 e. The van der Waals surface area contributed by atoms with Crippen molar-refractivity contribution in [1.29, 1.82) is 0 Å². The van der Waals surface area contributed by atoms with Crippen LogP contribution in [0.15, 0.2) is 9.59 Å². The first kappa shape index (κ1) is 15.3. The predicted molar refractivity (Wildman–Crippen MR) is 75.6 cm³/mol. The molecule has 1 heterocycles. The fourth-order valence-electron chi connectivity index (χ4n) is 1.78. The normalized spacial score (nSPS) is 10.7. The van der Waals surface area contributed by atoms with E-state index in [0.717, 1.165) is 11.0 Å². The molecule has 0 aromatic carbocycles. The number of hydrogen-bond acceptors (Lipinski definition) is 5. The quantitative estimate of drug-likeness (QED) is 0.680. The number of nitrogens with two attached hydrogens (primary N) is 1. The Kier molecular flexibility index (Phi) is 5.62. The minimum absolute atomic E-state index is 0.187. The molecule has 0 fully saturated rings. The van der Waals surface area contributed by atoms with E-state index in [1.54, 1.807) is 0 Å². The molecule has 19 heavy (non-hydrogen) atoms. The molecule has 0 aliphatic rings. The second-order valence-electron chi connectivity index (χ2n) is 4.18. The maximum absolute atomic E-state index is 12.0. The van der Waals surface area contributed by atoms with E-state index < -0.39 is 5.56 Å². The summed E-state index contributed by atoms with van der Waals surface area (Å²) in [4.78, 5) is 23.9. The summed E-state index contributed by atoms with van der Waals surface area (Å²) in [5.74, 6) is 0.187. The molecule has 1 aromatic heterocycles. The highest BCUT2D eigenvalue weighted by Gasteiger charge is 2.14. The van der Waals surface area contributed by atoms with Crippen molar-refractivity contribution >= 4 is 11.5 Å². The second kappa shape index (κ2) is 6.98. The van der Waals surface area contributed by atoms with Crippen LogP contribution in [0, 0.1) is 0 Å². The van der Waals surface area contributed by atoms with Gasteiger partial charge >= 0.3 is 5.69 Å². The largest absolute Gasteiger partial charge is 0.383 e. The van der Waals surface area contributed by atoms with Crippen molar-refractivity contribution in [2.75, 3.05) is 30.8 Å². The Morgan fingerprint density at radius 2 is 2.00 bits per heavy atom. The summed E-state index contributed by atoms with van der Waals surface area (Å²) in [6, 6.07) is 0. The molecular weight excluding hydrogens is 248 g/mol. The lowest BCUT2D eigenvalue weighted by Gasteiger charge is -2.15. The number of nitrogens with one attached hydrogen (secondary N) is 1. The van der Waals surface area contributed by atoms with Crippen LogP contribution in [0.2, 0.25) is 0 Å². The Morgan fingerprint density at radius 3 is 2.58 bits per heavy atom. The zero-order valence-electron chi connectivity index (χ0n) is 11.7. The fraction of sp³-hybridized carbons (Fsp3) is 0.667. The van der Waals surface area contributed by atoms with Gasteiger partial charge in [-0.1, -0.05) is 6.92 Å². The Bertz CT molecular complexity index is 533. The van der Waals surface area contributed by atoms with Gasteiger partial charge in [0, 0.05) is 26.7 Å². The van der Waals surface area contributed by atoms with Crippen LogP contribution in [0.1, 0.15) is 20.3 Å². The van der Waals surface area contributed by atoms with Crippen LogP contribution in [0.5, 0.6) is 0 Å². The Labute approximate surface area is 112 Å². The van der Waals surface area contributed by atoms with E-state index in [9.17, 15) is 9.59 Å². The van der Waals surface area contributed by atoms with E-state index in [1.165, 1.54) is 11.6 Å². The summed E-state index contributed by atoms with van der Waals surface area (Å²) in [5, 5.41) is 2.94. The molecule has 1 rings (SSSR count). The van der Waals surface area contributed by atoms with E-state index in [2.05, 4.69) is 5.32 Å². The summed E-state index contributed by atoms with van der Waals surface area (Å²) >= 11 is 0. The van der Waals surface area contributed by atoms with Gasteiger partial charge in [0.1, 0.15) is 11.5 Å². The fourth-order valence-corrected chi connectivity index (χ4v) is 1.78. The van der Waals surface area contributed by atoms with Gasteiger partial charge in [-0.05, 0) is 13.3 Å². The average Bonchev–Trinajstić information content (AvgIpc) is 2.40. The Hall–Kier alpha value is -1.76. The number of ether oxygens (including phenoxy) is 1. The van der Waals surface area contributed by atoms with Gasteiger partial charge in [0.05, 0.1) is 6.61 Å². The van der Waals surface area contributed by atoms with Crippen molar-refractivity contribution in [2.45, 2.75) is 26.8 Å². The number of aromatic nitrogens is 2. The first-order chi connectivity index (χ1) is 9.04. The Morgan fingerprint density at radius 1 is 1.32 bits per heavy atom. The van der Waals surface area contributed by atoms with E-state index in [1.807, 2.05) is 13.8 Å². The topological polar surface area (TPSA) is 91.3 Å². The van der Waals surface area contributed by atoms with E-state index in [4.69, 9.17) is 10.5 Å². The Balaban J connectivity index is 3.09. The zero-order valence-corrected chi connectivity index (χ0v) is 11.7. The standard InChI is InChI=1S/C12H22N4O3/c1-4-7-16-10(13)9(14-6-8-19-5-2)11(17)15(3)12(16)18/h14H,4-8,13H2,1-3H3. The highest BCUT2D eigenvalue weighted by atomic mass is 16.5. The lowest BCUT2D eigenvalue weighted by atomic mass is 10.4. The minimum Gasteiger partial charge on any atom is -0.383 e. The van der Waals surface area contributed by atoms with E-state index in [0.29, 0.717) is 26.3 Å². The van der Waals surface area contributed by atoms with Crippen molar-refractivity contribution in [1.82, 2.24) is 9.13 Å². The molecule has 0 amide bonds. The molecule has 108 valence electrons. The first-order valence-electron chi connectivity index (χ1n) is 6.45. The molecule has 0 unspecified atom stereocenters. The second-order valence-corrected chi connectivity index (χ2v) is 4.18. The number of hydrogen-bond donors (Lipinski definition) is 2. The molecule has 0 bridgehead atoms. The van der Waals surface area contributed by atoms with E-state index in [-0.39, 0.29) is 17.2 Å². The third kappa shape index (κ3) is 3.37. The average molecular weight is 270 g/mol. The summed E-state index contributed by atoms with van der Waals surface area (Å²) in [7, 11) is 1.45. The molecule has 0 aliphatic carbocycles. The van der Waals surface area contributed by atoms with Gasteiger partial charge in [-0.2, -0.15) is 0 Å². The van der Waals surface area contributed by atoms with Crippen LogP contribution in [0.25, 0.3) is 0 Å². The molecule has 7 nitrogen and oxygen atoms in total. The van der Waals surface area contributed by atoms with Crippen LogP contribution in [-0.4, -0.2) is 28.9 Å². The van der Waals surface area contributed by atoms with Crippen molar-refractivity contribution in [3.63, 3.8) is 0 Å². The lowest BCUT2D eigenvalue weighted by Crippen LogP contribution is -2.41. The number of rotatable bonds is 7. The van der Waals surface area contributed by atoms with Gasteiger partial charge in [0.15, 0.2) is 0 Å². The monoisotopic (exact) mass is 270 g/mol. The molecule has 3 N–H and O–H groups in total. The lowest BCUT2D eigenvalue weighted by molar-refractivity contribution is 0.158. The molecule has 0 spiro atoms. The minimum atomic E-state index is -0.411. The van der Waals surface area contributed by atoms with E-state index >= 15 is 0 Å². The summed E-state index contributed by atoms with van der Waals surface area (Å²) in [6.45, 7) is 5.89. The van der Waals surface area contributed by atoms with Crippen LogP contribution in [0.4, 0.5) is 11.5 Å². The molecule has 0 saturated carbocycles. The molecule has 0 atom stereocenters. The van der Waals surface area contributed by atoms with Gasteiger partial charge in [-0.15, -0.1) is 0 Å². The first-order valence-corrected chi connectivity index (χ1v) is 6.45. The molecule has 0 saturated heterocycles. The summed E-state index contributed by atoms with van der Waals surface area (Å²) in [5.41, 5.74) is 5.36. The molecule has 0 aliphatic heterocycles. The molecular formula is C12H22N4O3. The van der Waals surface area contributed by atoms with Gasteiger partial charge in [0.25, 0.3) is 5.56 Å². The van der Waals surface area contributed by atoms with Crippen LogP contribution in [-0.2, 0) is 18.3 Å².